The molecule has 0 atom stereocenters. The van der Waals surface area contributed by atoms with Gasteiger partial charge in [-0.1, -0.05) is 12.1 Å². The average molecular weight is 457 g/mol. The van der Waals surface area contributed by atoms with Crippen molar-refractivity contribution in [2.24, 2.45) is 0 Å². The number of hydrogen-bond acceptors (Lipinski definition) is 7. The molecule has 168 valence electrons. The third kappa shape index (κ3) is 5.60. The Balaban J connectivity index is 1.67. The largest absolute Gasteiger partial charge is 0.464 e. The number of nitriles is 3. The van der Waals surface area contributed by atoms with E-state index < -0.39 is 0 Å². The molecule has 4 aromatic rings. The van der Waals surface area contributed by atoms with Gasteiger partial charge in [0.05, 0.1) is 42.1 Å². The summed E-state index contributed by atoms with van der Waals surface area (Å²) in [5.74, 6) is 1.94. The standard InChI is InChI=1S/C28H20N6O/c1-19-13-23(14-22(18-31)8-10-29)15-24(25-3-2-12-35-25)28(19)34-26-9-11-32-27(33-26)16-20-4-6-21(17-30)7-5-20/h2-7,9,11-15H,8,16H2,1H3,(H,32,33,34)/b22-14-. The van der Waals surface area contributed by atoms with Gasteiger partial charge in [0.15, 0.2) is 0 Å². The molecule has 7 heteroatoms. The number of allylic oxidation sites excluding steroid dienone is 1. The molecule has 7 nitrogen and oxygen atoms in total. The van der Waals surface area contributed by atoms with E-state index in [2.05, 4.69) is 27.4 Å². The highest BCUT2D eigenvalue weighted by atomic mass is 16.3. The molecular weight excluding hydrogens is 436 g/mol. The van der Waals surface area contributed by atoms with E-state index in [0.717, 1.165) is 27.9 Å². The molecule has 0 unspecified atom stereocenters. The summed E-state index contributed by atoms with van der Waals surface area (Å²) in [4.78, 5) is 9.06. The lowest BCUT2D eigenvalue weighted by molar-refractivity contribution is 0.582. The lowest BCUT2D eigenvalue weighted by atomic mass is 9.99. The highest BCUT2D eigenvalue weighted by molar-refractivity contribution is 5.83. The average Bonchev–Trinajstić information content (AvgIpc) is 3.41. The number of hydrogen-bond donors (Lipinski definition) is 1. The first-order valence-corrected chi connectivity index (χ1v) is 10.8. The van der Waals surface area contributed by atoms with Crippen molar-refractivity contribution in [2.75, 3.05) is 5.32 Å². The quantitative estimate of drug-likeness (QED) is 0.335. The molecule has 2 aromatic heterocycles. The van der Waals surface area contributed by atoms with Crippen molar-refractivity contribution >= 4 is 17.6 Å². The first-order chi connectivity index (χ1) is 17.1. The number of nitrogens with one attached hydrogen (secondary N) is 1. The van der Waals surface area contributed by atoms with Crippen molar-refractivity contribution in [3.63, 3.8) is 0 Å². The van der Waals surface area contributed by atoms with E-state index in [4.69, 9.17) is 14.9 Å². The maximum Gasteiger partial charge on any atom is 0.135 e. The second-order valence-electron chi connectivity index (χ2n) is 7.82. The second-order valence-corrected chi connectivity index (χ2v) is 7.82. The lowest BCUT2D eigenvalue weighted by Crippen LogP contribution is -2.03. The summed E-state index contributed by atoms with van der Waals surface area (Å²) >= 11 is 0. The van der Waals surface area contributed by atoms with Gasteiger partial charge < -0.3 is 9.73 Å². The van der Waals surface area contributed by atoms with Crippen LogP contribution in [-0.2, 0) is 6.42 Å². The number of anilines is 2. The molecule has 1 N–H and O–H groups in total. The Labute approximate surface area is 203 Å². The van der Waals surface area contributed by atoms with E-state index in [0.29, 0.717) is 35.0 Å². The maximum atomic E-state index is 9.32. The van der Waals surface area contributed by atoms with Gasteiger partial charge in [0.2, 0.25) is 0 Å². The minimum absolute atomic E-state index is 0.0502. The topological polar surface area (TPSA) is 122 Å². The number of aromatic nitrogens is 2. The van der Waals surface area contributed by atoms with Gasteiger partial charge in [-0.05, 0) is 72.2 Å². The van der Waals surface area contributed by atoms with Crippen molar-refractivity contribution in [3.05, 3.63) is 101 Å². The molecule has 0 aliphatic carbocycles. The summed E-state index contributed by atoms with van der Waals surface area (Å²) in [5, 5.41) is 30.7. The fourth-order valence-corrected chi connectivity index (χ4v) is 3.66. The van der Waals surface area contributed by atoms with Crippen molar-refractivity contribution in [1.29, 1.82) is 15.8 Å². The van der Waals surface area contributed by atoms with E-state index in [1.807, 2.05) is 49.4 Å². The molecule has 0 spiro atoms. The summed E-state index contributed by atoms with van der Waals surface area (Å²) in [7, 11) is 0. The molecule has 2 heterocycles. The number of furan rings is 1. The summed E-state index contributed by atoms with van der Waals surface area (Å²) < 4.78 is 5.67. The van der Waals surface area contributed by atoms with E-state index in [-0.39, 0.29) is 6.42 Å². The van der Waals surface area contributed by atoms with Crippen LogP contribution in [-0.4, -0.2) is 9.97 Å². The van der Waals surface area contributed by atoms with Crippen molar-refractivity contribution < 1.29 is 4.42 Å². The van der Waals surface area contributed by atoms with Crippen LogP contribution in [0, 0.1) is 40.9 Å². The Kier molecular flexibility index (Phi) is 6.97. The SMILES string of the molecule is Cc1cc(/C=C(\C#N)CC#N)cc(-c2ccco2)c1Nc1ccnc(Cc2ccc(C#N)cc2)n1. The number of rotatable bonds is 7. The van der Waals surface area contributed by atoms with Crippen molar-refractivity contribution in [1.82, 2.24) is 9.97 Å². The van der Waals surface area contributed by atoms with E-state index in [9.17, 15) is 5.26 Å². The zero-order valence-electron chi connectivity index (χ0n) is 19.0. The zero-order valence-corrected chi connectivity index (χ0v) is 19.0. The van der Waals surface area contributed by atoms with Crippen LogP contribution in [0.3, 0.4) is 0 Å². The van der Waals surface area contributed by atoms with Gasteiger partial charge in [0.1, 0.15) is 17.4 Å². The predicted molar refractivity (Wildman–Crippen MR) is 132 cm³/mol. The fourth-order valence-electron chi connectivity index (χ4n) is 3.66. The Bertz CT molecular complexity index is 1500. The van der Waals surface area contributed by atoms with Crippen LogP contribution in [0.2, 0.25) is 0 Å². The second kappa shape index (κ2) is 10.6. The van der Waals surface area contributed by atoms with E-state index >= 15 is 0 Å². The molecule has 0 aliphatic heterocycles. The Hall–Kier alpha value is -5.19. The highest BCUT2D eigenvalue weighted by Crippen LogP contribution is 2.35. The van der Waals surface area contributed by atoms with E-state index in [1.54, 1.807) is 36.7 Å². The molecule has 0 saturated carbocycles. The van der Waals surface area contributed by atoms with Crippen molar-refractivity contribution in [3.8, 4) is 29.5 Å². The van der Waals surface area contributed by atoms with Crippen molar-refractivity contribution in [2.45, 2.75) is 19.8 Å². The van der Waals surface area contributed by atoms with Gasteiger partial charge in [-0.3, -0.25) is 0 Å². The third-order valence-electron chi connectivity index (χ3n) is 5.30. The summed E-state index contributed by atoms with van der Waals surface area (Å²) in [6.07, 6.45) is 5.61. The molecule has 0 aliphatic rings. The minimum Gasteiger partial charge on any atom is -0.464 e. The normalized spacial score (nSPS) is 10.7. The highest BCUT2D eigenvalue weighted by Gasteiger charge is 2.14. The monoisotopic (exact) mass is 456 g/mol. The smallest absolute Gasteiger partial charge is 0.135 e. The maximum absolute atomic E-state index is 9.32. The number of nitrogens with zero attached hydrogens (tertiary/aromatic N) is 5. The van der Waals surface area contributed by atoms with Gasteiger partial charge in [-0.2, -0.15) is 15.8 Å². The number of aryl methyl sites for hydroxylation is 1. The van der Waals surface area contributed by atoms with Crippen LogP contribution in [0.5, 0.6) is 0 Å². The molecule has 0 bridgehead atoms. The molecule has 35 heavy (non-hydrogen) atoms. The van der Waals surface area contributed by atoms with Gasteiger partial charge in [0.25, 0.3) is 0 Å². The summed E-state index contributed by atoms with van der Waals surface area (Å²) in [6.45, 7) is 1.96. The fraction of sp³-hybridized carbons (Fsp3) is 0.107. The summed E-state index contributed by atoms with van der Waals surface area (Å²) in [5.41, 5.74) is 5.36. The minimum atomic E-state index is 0.0502. The van der Waals surface area contributed by atoms with Crippen LogP contribution in [0.25, 0.3) is 17.4 Å². The van der Waals surface area contributed by atoms with Crippen LogP contribution in [0.15, 0.2) is 77.0 Å². The molecule has 4 rings (SSSR count). The Morgan fingerprint density at radius 3 is 2.60 bits per heavy atom. The first kappa shape index (κ1) is 23.0. The van der Waals surface area contributed by atoms with Gasteiger partial charge in [-0.25, -0.2) is 9.97 Å². The third-order valence-corrected chi connectivity index (χ3v) is 5.30. The van der Waals surface area contributed by atoms with Crippen LogP contribution in [0.1, 0.15) is 34.5 Å². The molecule has 0 radical (unpaired) electrons. The summed E-state index contributed by atoms with van der Waals surface area (Å²) in [6, 6.07) is 22.9. The van der Waals surface area contributed by atoms with Crippen LogP contribution in [0.4, 0.5) is 11.5 Å². The number of benzene rings is 2. The van der Waals surface area contributed by atoms with E-state index in [1.165, 1.54) is 0 Å². The Morgan fingerprint density at radius 1 is 1.09 bits per heavy atom. The molecule has 0 amide bonds. The Morgan fingerprint density at radius 2 is 1.91 bits per heavy atom. The predicted octanol–water partition coefficient (Wildman–Crippen LogP) is 6.07. The van der Waals surface area contributed by atoms with Gasteiger partial charge >= 0.3 is 0 Å². The zero-order chi connectivity index (χ0) is 24.6. The lowest BCUT2D eigenvalue weighted by Gasteiger charge is -2.15. The van der Waals surface area contributed by atoms with Gasteiger partial charge in [-0.15, -0.1) is 0 Å². The molecule has 0 fully saturated rings. The van der Waals surface area contributed by atoms with Crippen LogP contribution < -0.4 is 5.32 Å². The first-order valence-electron chi connectivity index (χ1n) is 10.8. The van der Waals surface area contributed by atoms with Crippen LogP contribution >= 0.6 is 0 Å². The molecular formula is C28H20N6O. The molecule has 0 saturated heterocycles. The molecule has 2 aromatic carbocycles. The van der Waals surface area contributed by atoms with Gasteiger partial charge in [0, 0.05) is 23.8 Å².